The van der Waals surface area contributed by atoms with E-state index in [9.17, 15) is 0 Å². The van der Waals surface area contributed by atoms with Crippen molar-refractivity contribution in [2.24, 2.45) is 0 Å². The van der Waals surface area contributed by atoms with Gasteiger partial charge >= 0.3 is 0 Å². The first-order valence-electron chi connectivity index (χ1n) is 4.23. The van der Waals surface area contributed by atoms with E-state index < -0.39 is 5.79 Å². The molecule has 0 aromatic heterocycles. The fraction of sp³-hybridized carbons (Fsp3) is 0.778. The second kappa shape index (κ2) is 4.03. The normalized spacial score (nSPS) is 28.4. The summed E-state index contributed by atoms with van der Waals surface area (Å²) in [7, 11) is 0. The van der Waals surface area contributed by atoms with Crippen LogP contribution in [0.2, 0.25) is 0 Å². The lowest BCUT2D eigenvalue weighted by molar-refractivity contribution is -0.133. The van der Waals surface area contributed by atoms with Crippen LogP contribution in [-0.4, -0.2) is 30.2 Å². The van der Waals surface area contributed by atoms with Crippen molar-refractivity contribution in [2.45, 2.75) is 32.2 Å². The van der Waals surface area contributed by atoms with E-state index in [1.165, 1.54) is 0 Å². The van der Waals surface area contributed by atoms with E-state index in [-0.39, 0.29) is 12.7 Å². The minimum atomic E-state index is -0.450. The van der Waals surface area contributed by atoms with E-state index in [1.54, 1.807) is 0 Å². The Morgan fingerprint density at radius 2 is 2.33 bits per heavy atom. The molecule has 1 saturated heterocycles. The Morgan fingerprint density at radius 3 is 2.83 bits per heavy atom. The van der Waals surface area contributed by atoms with Crippen molar-refractivity contribution in [3.8, 4) is 0 Å². The summed E-state index contributed by atoms with van der Waals surface area (Å²) in [6.07, 6.45) is 4.58. The van der Waals surface area contributed by atoms with Crippen LogP contribution in [0.5, 0.6) is 0 Å². The van der Waals surface area contributed by atoms with Crippen LogP contribution < -0.4 is 0 Å². The van der Waals surface area contributed by atoms with Crippen LogP contribution in [0, 0.1) is 0 Å². The van der Waals surface area contributed by atoms with Gasteiger partial charge in [-0.25, -0.2) is 0 Å². The maximum absolute atomic E-state index is 8.52. The van der Waals surface area contributed by atoms with Gasteiger partial charge in [-0.1, -0.05) is 12.2 Å². The smallest absolute Gasteiger partial charge is 0.163 e. The molecular formula is C9H16O3. The highest BCUT2D eigenvalue weighted by Gasteiger charge is 2.30. The van der Waals surface area contributed by atoms with Crippen molar-refractivity contribution in [2.75, 3.05) is 13.2 Å². The molecular weight excluding hydrogens is 156 g/mol. The van der Waals surface area contributed by atoms with Gasteiger partial charge in [-0.05, 0) is 20.3 Å². The zero-order valence-corrected chi connectivity index (χ0v) is 7.62. The molecule has 0 unspecified atom stereocenters. The number of ether oxygens (including phenoxy) is 2. The van der Waals surface area contributed by atoms with Crippen LogP contribution in [0.3, 0.4) is 0 Å². The maximum atomic E-state index is 8.52. The van der Waals surface area contributed by atoms with Gasteiger partial charge in [0.05, 0.1) is 6.61 Å². The minimum Gasteiger partial charge on any atom is -0.396 e. The van der Waals surface area contributed by atoms with Crippen LogP contribution in [0.25, 0.3) is 0 Å². The lowest BCUT2D eigenvalue weighted by Crippen LogP contribution is -2.20. The van der Waals surface area contributed by atoms with E-state index >= 15 is 0 Å². The SMILES string of the molecule is CC1(C)OC[C@H](/C=C\CCO)O1. The number of aliphatic hydroxyl groups is 1. The summed E-state index contributed by atoms with van der Waals surface area (Å²) >= 11 is 0. The van der Waals surface area contributed by atoms with Gasteiger partial charge in [0.1, 0.15) is 6.10 Å². The zero-order valence-electron chi connectivity index (χ0n) is 7.62. The molecule has 0 saturated carbocycles. The van der Waals surface area contributed by atoms with Crippen molar-refractivity contribution in [3.63, 3.8) is 0 Å². The fourth-order valence-electron chi connectivity index (χ4n) is 1.13. The Kier molecular flexibility index (Phi) is 3.26. The van der Waals surface area contributed by atoms with Crippen molar-refractivity contribution < 1.29 is 14.6 Å². The Bertz CT molecular complexity index is 163. The van der Waals surface area contributed by atoms with E-state index in [1.807, 2.05) is 26.0 Å². The van der Waals surface area contributed by atoms with Crippen LogP contribution in [0.1, 0.15) is 20.3 Å². The highest BCUT2D eigenvalue weighted by atomic mass is 16.7. The molecule has 0 radical (unpaired) electrons. The predicted octanol–water partition coefficient (Wildman–Crippen LogP) is 1.08. The predicted molar refractivity (Wildman–Crippen MR) is 45.7 cm³/mol. The molecule has 12 heavy (non-hydrogen) atoms. The van der Waals surface area contributed by atoms with E-state index in [2.05, 4.69) is 0 Å². The molecule has 1 atom stereocenters. The van der Waals surface area contributed by atoms with Crippen molar-refractivity contribution in [1.29, 1.82) is 0 Å². The molecule has 3 heteroatoms. The number of hydrogen-bond acceptors (Lipinski definition) is 3. The average molecular weight is 172 g/mol. The fourth-order valence-corrected chi connectivity index (χ4v) is 1.13. The standard InChI is InChI=1S/C9H16O3/c1-9(2)11-7-8(12-9)5-3-4-6-10/h3,5,8,10H,4,6-7H2,1-2H3/b5-3-/t8-/m0/s1. The van der Waals surface area contributed by atoms with Crippen LogP contribution in [-0.2, 0) is 9.47 Å². The van der Waals surface area contributed by atoms with E-state index in [4.69, 9.17) is 14.6 Å². The molecule has 0 amide bonds. The third-order valence-corrected chi connectivity index (χ3v) is 1.68. The van der Waals surface area contributed by atoms with Crippen LogP contribution in [0.4, 0.5) is 0 Å². The van der Waals surface area contributed by atoms with E-state index in [0.29, 0.717) is 13.0 Å². The molecule has 0 spiro atoms. The molecule has 0 aromatic carbocycles. The molecule has 70 valence electrons. The average Bonchev–Trinajstić information content (AvgIpc) is 2.31. The van der Waals surface area contributed by atoms with Gasteiger partial charge in [0.2, 0.25) is 0 Å². The van der Waals surface area contributed by atoms with Crippen molar-refractivity contribution in [1.82, 2.24) is 0 Å². The summed E-state index contributed by atoms with van der Waals surface area (Å²) in [6, 6.07) is 0. The third kappa shape index (κ3) is 2.93. The maximum Gasteiger partial charge on any atom is 0.163 e. The molecule has 1 rings (SSSR count). The summed E-state index contributed by atoms with van der Waals surface area (Å²) in [5.41, 5.74) is 0. The molecule has 1 aliphatic heterocycles. The van der Waals surface area contributed by atoms with Crippen LogP contribution in [0.15, 0.2) is 12.2 Å². The van der Waals surface area contributed by atoms with Crippen LogP contribution >= 0.6 is 0 Å². The van der Waals surface area contributed by atoms with Gasteiger partial charge < -0.3 is 14.6 Å². The molecule has 3 nitrogen and oxygen atoms in total. The van der Waals surface area contributed by atoms with Gasteiger partial charge in [0.25, 0.3) is 0 Å². The minimum absolute atomic E-state index is 0.0477. The summed E-state index contributed by atoms with van der Waals surface area (Å²) in [4.78, 5) is 0. The monoisotopic (exact) mass is 172 g/mol. The quantitative estimate of drug-likeness (QED) is 0.647. The Labute approximate surface area is 73.0 Å². The van der Waals surface area contributed by atoms with Gasteiger partial charge in [0.15, 0.2) is 5.79 Å². The topological polar surface area (TPSA) is 38.7 Å². The summed E-state index contributed by atoms with van der Waals surface area (Å²) < 4.78 is 10.9. The largest absolute Gasteiger partial charge is 0.396 e. The molecule has 1 N–H and O–H groups in total. The number of rotatable bonds is 3. The van der Waals surface area contributed by atoms with E-state index in [0.717, 1.165) is 0 Å². The molecule has 0 bridgehead atoms. The molecule has 0 aliphatic carbocycles. The summed E-state index contributed by atoms with van der Waals surface area (Å²) in [6.45, 7) is 4.59. The first-order chi connectivity index (χ1) is 5.64. The lowest BCUT2D eigenvalue weighted by atomic mass is 10.3. The number of hydrogen-bond donors (Lipinski definition) is 1. The summed E-state index contributed by atoms with van der Waals surface area (Å²) in [5.74, 6) is -0.450. The summed E-state index contributed by atoms with van der Waals surface area (Å²) in [5, 5.41) is 8.52. The highest BCUT2D eigenvalue weighted by Crippen LogP contribution is 2.22. The highest BCUT2D eigenvalue weighted by molar-refractivity contribution is 4.92. The molecule has 1 aliphatic rings. The first-order valence-corrected chi connectivity index (χ1v) is 4.23. The van der Waals surface area contributed by atoms with Gasteiger partial charge in [-0.15, -0.1) is 0 Å². The molecule has 1 fully saturated rings. The van der Waals surface area contributed by atoms with Gasteiger partial charge in [-0.2, -0.15) is 0 Å². The second-order valence-corrected chi connectivity index (χ2v) is 3.31. The molecule has 1 heterocycles. The zero-order chi connectivity index (χ0) is 9.03. The molecule has 0 aromatic rings. The third-order valence-electron chi connectivity index (χ3n) is 1.68. The van der Waals surface area contributed by atoms with Crippen molar-refractivity contribution in [3.05, 3.63) is 12.2 Å². The van der Waals surface area contributed by atoms with Crippen molar-refractivity contribution >= 4 is 0 Å². The Hall–Kier alpha value is -0.380. The lowest BCUT2D eigenvalue weighted by Gasteiger charge is -2.15. The number of aliphatic hydroxyl groups excluding tert-OH is 1. The van der Waals surface area contributed by atoms with Gasteiger partial charge in [0, 0.05) is 6.61 Å². The second-order valence-electron chi connectivity index (χ2n) is 3.31. The Morgan fingerprint density at radius 1 is 1.58 bits per heavy atom. The van der Waals surface area contributed by atoms with Gasteiger partial charge in [-0.3, -0.25) is 0 Å². The Balaban J connectivity index is 2.28. The first kappa shape index (κ1) is 9.71.